The van der Waals surface area contributed by atoms with Crippen molar-refractivity contribution in [2.24, 2.45) is 0 Å². The van der Waals surface area contributed by atoms with Gasteiger partial charge in [0, 0.05) is 26.5 Å². The van der Waals surface area contributed by atoms with Crippen LogP contribution < -0.4 is 0 Å². The van der Waals surface area contributed by atoms with Crippen molar-refractivity contribution < 1.29 is 19.7 Å². The van der Waals surface area contributed by atoms with Crippen LogP contribution in [0, 0.1) is 0 Å². The molecule has 0 spiro atoms. The molecule has 0 radical (unpaired) electrons. The topological polar surface area (TPSA) is 66.8 Å². The molecule has 4 nitrogen and oxygen atoms in total. The Bertz CT molecular complexity index is 832. The van der Waals surface area contributed by atoms with Crippen molar-refractivity contribution >= 4 is 23.3 Å². The van der Waals surface area contributed by atoms with Crippen molar-refractivity contribution in [2.75, 3.05) is 7.11 Å². The van der Waals surface area contributed by atoms with Crippen molar-refractivity contribution in [1.82, 2.24) is 0 Å². The van der Waals surface area contributed by atoms with E-state index in [2.05, 4.69) is 12.2 Å². The number of ether oxygens (including phenoxy) is 1. The molecule has 0 bridgehead atoms. The van der Waals surface area contributed by atoms with Crippen LogP contribution in [-0.2, 0) is 16.0 Å². The van der Waals surface area contributed by atoms with E-state index < -0.39 is 12.1 Å². The molecular formula is C19H18O4S. The molecule has 2 aliphatic carbocycles. The molecule has 0 aromatic heterocycles. The molecule has 1 aliphatic heterocycles. The van der Waals surface area contributed by atoms with Gasteiger partial charge in [0.05, 0.1) is 18.8 Å². The van der Waals surface area contributed by atoms with Crippen LogP contribution >= 0.6 is 11.8 Å². The van der Waals surface area contributed by atoms with Crippen molar-refractivity contribution in [1.29, 1.82) is 0 Å². The number of aliphatic hydroxyl groups is 1. The second-order valence-electron chi connectivity index (χ2n) is 6.18. The largest absolute Gasteiger partial charge is 0.508 e. The van der Waals surface area contributed by atoms with Crippen LogP contribution in [0.4, 0.5) is 0 Å². The third-order valence-electron chi connectivity index (χ3n) is 4.76. The highest BCUT2D eigenvalue weighted by Gasteiger charge is 2.33. The molecule has 24 heavy (non-hydrogen) atoms. The second-order valence-corrected chi connectivity index (χ2v) is 7.23. The summed E-state index contributed by atoms with van der Waals surface area (Å²) in [6.07, 6.45) is 8.66. The van der Waals surface area contributed by atoms with Crippen LogP contribution in [0.3, 0.4) is 0 Å². The Morgan fingerprint density at radius 3 is 2.92 bits per heavy atom. The van der Waals surface area contributed by atoms with Gasteiger partial charge < -0.3 is 14.9 Å². The van der Waals surface area contributed by atoms with Crippen LogP contribution in [0.2, 0.25) is 0 Å². The Morgan fingerprint density at radius 2 is 2.12 bits per heavy atom. The van der Waals surface area contributed by atoms with E-state index in [1.165, 1.54) is 7.11 Å². The maximum absolute atomic E-state index is 12.4. The lowest BCUT2D eigenvalue weighted by Gasteiger charge is -2.17. The fourth-order valence-corrected chi connectivity index (χ4v) is 4.91. The molecule has 5 heteroatoms. The first-order valence-corrected chi connectivity index (χ1v) is 8.87. The van der Waals surface area contributed by atoms with Crippen molar-refractivity contribution in [3.8, 4) is 5.75 Å². The van der Waals surface area contributed by atoms with E-state index in [-0.39, 0.29) is 5.75 Å². The van der Waals surface area contributed by atoms with Crippen molar-refractivity contribution in [2.45, 2.75) is 36.7 Å². The molecule has 1 atom stereocenters. The molecule has 1 aromatic carbocycles. The normalized spacial score (nSPS) is 21.6. The number of carbonyl (C=O) groups excluding carboxylic acids is 1. The summed E-state index contributed by atoms with van der Waals surface area (Å²) in [6, 6.07) is 1.64. The van der Waals surface area contributed by atoms with Gasteiger partial charge in [-0.25, -0.2) is 4.79 Å². The van der Waals surface area contributed by atoms with Gasteiger partial charge in [-0.1, -0.05) is 23.9 Å². The summed E-state index contributed by atoms with van der Waals surface area (Å²) in [5.74, 6) is -0.292. The predicted octanol–water partition coefficient (Wildman–Crippen LogP) is 3.64. The molecule has 124 valence electrons. The quantitative estimate of drug-likeness (QED) is 0.763. The molecule has 0 saturated heterocycles. The number of carbonyl (C=O) groups is 1. The molecule has 4 rings (SSSR count). The maximum atomic E-state index is 12.4. The fraction of sp³-hybridized carbons (Fsp3) is 0.316. The highest BCUT2D eigenvalue weighted by molar-refractivity contribution is 8.03. The van der Waals surface area contributed by atoms with Gasteiger partial charge in [-0.15, -0.1) is 0 Å². The lowest BCUT2D eigenvalue weighted by atomic mass is 9.96. The summed E-state index contributed by atoms with van der Waals surface area (Å²) in [5.41, 5.74) is 3.62. The second kappa shape index (κ2) is 5.83. The Hall–Kier alpha value is -1.98. The van der Waals surface area contributed by atoms with Gasteiger partial charge >= 0.3 is 5.97 Å². The van der Waals surface area contributed by atoms with E-state index in [0.717, 1.165) is 39.3 Å². The Balaban J connectivity index is 2.01. The average Bonchev–Trinajstić information content (AvgIpc) is 2.90. The number of phenols is 1. The summed E-state index contributed by atoms with van der Waals surface area (Å²) in [5, 5.41) is 20.8. The molecule has 3 aliphatic rings. The molecule has 0 unspecified atom stereocenters. The lowest BCUT2D eigenvalue weighted by molar-refractivity contribution is -0.133. The molecule has 1 aromatic rings. The molecule has 0 fully saturated rings. The minimum atomic E-state index is -0.609. The first kappa shape index (κ1) is 15.5. The number of methoxy groups -OCH3 is 1. The number of thioether (sulfide) groups is 1. The van der Waals surface area contributed by atoms with Crippen LogP contribution in [0.25, 0.3) is 5.57 Å². The van der Waals surface area contributed by atoms with Crippen LogP contribution in [0.15, 0.2) is 39.7 Å². The molecular weight excluding hydrogens is 324 g/mol. The van der Waals surface area contributed by atoms with Crippen LogP contribution in [0.5, 0.6) is 5.75 Å². The minimum absolute atomic E-state index is 0.142. The van der Waals surface area contributed by atoms with Gasteiger partial charge in [-0.2, -0.15) is 0 Å². The number of fused-ring (bicyclic) bond motifs is 4. The van der Waals surface area contributed by atoms with Gasteiger partial charge in [-0.3, -0.25) is 0 Å². The van der Waals surface area contributed by atoms with E-state index in [0.29, 0.717) is 24.0 Å². The van der Waals surface area contributed by atoms with Crippen molar-refractivity contribution in [3.05, 3.63) is 51.5 Å². The van der Waals surface area contributed by atoms with E-state index >= 15 is 0 Å². The Labute approximate surface area is 144 Å². The summed E-state index contributed by atoms with van der Waals surface area (Å²) in [4.78, 5) is 14.3. The zero-order valence-electron chi connectivity index (χ0n) is 13.3. The maximum Gasteiger partial charge on any atom is 0.338 e. The number of hydrogen-bond donors (Lipinski definition) is 2. The smallest absolute Gasteiger partial charge is 0.338 e. The highest BCUT2D eigenvalue weighted by Crippen LogP contribution is 2.51. The number of esters is 1. The minimum Gasteiger partial charge on any atom is -0.508 e. The summed E-state index contributed by atoms with van der Waals surface area (Å²) >= 11 is 1.57. The molecule has 0 amide bonds. The third kappa shape index (κ3) is 2.31. The number of hydrogen-bond acceptors (Lipinski definition) is 5. The first-order chi connectivity index (χ1) is 11.6. The number of benzene rings is 1. The summed E-state index contributed by atoms with van der Waals surface area (Å²) < 4.78 is 4.96. The van der Waals surface area contributed by atoms with E-state index in [1.54, 1.807) is 17.8 Å². The molecule has 1 heterocycles. The molecule has 0 saturated carbocycles. The lowest BCUT2D eigenvalue weighted by Crippen LogP contribution is -2.06. The average molecular weight is 342 g/mol. The van der Waals surface area contributed by atoms with Gasteiger partial charge in [-0.05, 0) is 43.4 Å². The van der Waals surface area contributed by atoms with E-state index in [1.807, 2.05) is 6.08 Å². The zero-order chi connectivity index (χ0) is 16.8. The van der Waals surface area contributed by atoms with Crippen LogP contribution in [-0.4, -0.2) is 23.3 Å². The van der Waals surface area contributed by atoms with Crippen molar-refractivity contribution in [3.63, 3.8) is 0 Å². The summed E-state index contributed by atoms with van der Waals surface area (Å²) in [7, 11) is 1.36. The van der Waals surface area contributed by atoms with Gasteiger partial charge in [0.2, 0.25) is 0 Å². The van der Waals surface area contributed by atoms with Gasteiger partial charge in [0.25, 0.3) is 0 Å². The number of phenolic OH excluding ortho intramolecular Hbond substituents is 1. The zero-order valence-corrected chi connectivity index (χ0v) is 14.2. The van der Waals surface area contributed by atoms with Gasteiger partial charge in [0.1, 0.15) is 5.75 Å². The Kier molecular flexibility index (Phi) is 3.77. The number of rotatable bonds is 1. The molecule has 2 N–H and O–H groups in total. The highest BCUT2D eigenvalue weighted by atomic mass is 32.2. The fourth-order valence-electron chi connectivity index (χ4n) is 3.58. The third-order valence-corrected chi connectivity index (χ3v) is 6.02. The van der Waals surface area contributed by atoms with E-state index in [4.69, 9.17) is 4.74 Å². The number of aromatic hydroxyl groups is 1. The van der Waals surface area contributed by atoms with E-state index in [9.17, 15) is 15.0 Å². The first-order valence-electron chi connectivity index (χ1n) is 8.06. The number of allylic oxidation sites excluding steroid dienone is 4. The Morgan fingerprint density at radius 1 is 1.33 bits per heavy atom. The standard InChI is InChI=1S/C19H18O4S/c1-23-19(22)13-8-10-4-2-3-5-16(10)24-18-12(13)9-15(21)11-6-7-14(20)17(11)18/h4-5,8-9,14,20-21H,2-3,6-7H2,1H3/t14-/m1/s1. The predicted molar refractivity (Wildman–Crippen MR) is 92.6 cm³/mol. The summed E-state index contributed by atoms with van der Waals surface area (Å²) in [6.45, 7) is 0. The van der Waals surface area contributed by atoms with Gasteiger partial charge in [0.15, 0.2) is 0 Å². The number of aliphatic hydroxyl groups excluding tert-OH is 1. The van der Waals surface area contributed by atoms with Crippen LogP contribution in [0.1, 0.15) is 42.1 Å². The monoisotopic (exact) mass is 342 g/mol. The SMILES string of the molecule is COC(=O)C1=CC2=CCCC=C2Sc2c1cc(O)c1c2[C@H](O)CC1.